The second kappa shape index (κ2) is 3.67. The number of nitro groups is 2. The summed E-state index contributed by atoms with van der Waals surface area (Å²) in [6.45, 7) is 1.36. The lowest BCUT2D eigenvalue weighted by atomic mass is 9.47. The highest BCUT2D eigenvalue weighted by atomic mass is 16.6. The van der Waals surface area contributed by atoms with Gasteiger partial charge < -0.3 is 5.32 Å². The van der Waals surface area contributed by atoms with Crippen LogP contribution in [0.2, 0.25) is 0 Å². The van der Waals surface area contributed by atoms with Gasteiger partial charge in [-0.1, -0.05) is 0 Å². The molecule has 1 amide bonds. The highest BCUT2D eigenvalue weighted by Crippen LogP contribution is 2.61. The van der Waals surface area contributed by atoms with Crippen LogP contribution in [0.4, 0.5) is 0 Å². The zero-order valence-electron chi connectivity index (χ0n) is 11.3. The molecule has 0 aromatic carbocycles. The summed E-state index contributed by atoms with van der Waals surface area (Å²) < 4.78 is 0. The molecule has 20 heavy (non-hydrogen) atoms. The summed E-state index contributed by atoms with van der Waals surface area (Å²) in [7, 11) is 0. The topological polar surface area (TPSA) is 115 Å². The van der Waals surface area contributed by atoms with Crippen molar-refractivity contribution >= 4 is 5.91 Å². The van der Waals surface area contributed by atoms with Gasteiger partial charge in [-0.2, -0.15) is 0 Å². The quantitative estimate of drug-likeness (QED) is 0.610. The third kappa shape index (κ3) is 1.63. The van der Waals surface area contributed by atoms with Crippen LogP contribution >= 0.6 is 0 Å². The van der Waals surface area contributed by atoms with Crippen LogP contribution in [0, 0.1) is 26.1 Å². The van der Waals surface area contributed by atoms with E-state index in [1.165, 1.54) is 6.92 Å². The third-order valence-corrected chi connectivity index (χ3v) is 5.23. The van der Waals surface area contributed by atoms with Gasteiger partial charge in [-0.3, -0.25) is 25.0 Å². The van der Waals surface area contributed by atoms with Crippen molar-refractivity contribution in [2.24, 2.45) is 5.92 Å². The molecule has 0 aromatic heterocycles. The Morgan fingerprint density at radius 3 is 1.95 bits per heavy atom. The zero-order valence-corrected chi connectivity index (χ0v) is 11.3. The minimum Gasteiger partial charge on any atom is -0.350 e. The first-order valence-electron chi connectivity index (χ1n) is 6.79. The van der Waals surface area contributed by atoms with Crippen molar-refractivity contribution in [3.8, 4) is 0 Å². The molecule has 0 radical (unpaired) electrons. The number of nitrogens with zero attached hydrogens (tertiary/aromatic N) is 2. The van der Waals surface area contributed by atoms with Crippen molar-refractivity contribution in [3.63, 3.8) is 0 Å². The van der Waals surface area contributed by atoms with Crippen molar-refractivity contribution in [2.45, 2.75) is 62.1 Å². The molecule has 4 saturated carbocycles. The highest BCUT2D eigenvalue weighted by molar-refractivity contribution is 5.74. The molecule has 0 aromatic rings. The molecular formula is C12H17N3O5. The molecule has 0 spiro atoms. The standard InChI is InChI=1S/C12H17N3O5/c1-8(16)13-10-2-9-3-11(5-10,14(17)18)7-12(4-9,6-10)15(19)20/h9H,2-7H2,1H3,(H,13,16). The fourth-order valence-electron chi connectivity index (χ4n) is 5.26. The molecule has 1 N–H and O–H groups in total. The van der Waals surface area contributed by atoms with Crippen LogP contribution in [0.5, 0.6) is 0 Å². The van der Waals surface area contributed by atoms with Crippen LogP contribution in [0.1, 0.15) is 45.4 Å². The predicted molar refractivity (Wildman–Crippen MR) is 67.2 cm³/mol. The molecule has 110 valence electrons. The number of hydrogen-bond acceptors (Lipinski definition) is 5. The van der Waals surface area contributed by atoms with Crippen LogP contribution in [-0.4, -0.2) is 32.4 Å². The summed E-state index contributed by atoms with van der Waals surface area (Å²) in [6.07, 6.45) is 1.86. The second-order valence-electron chi connectivity index (χ2n) is 6.93. The Labute approximate surface area is 115 Å². The summed E-state index contributed by atoms with van der Waals surface area (Å²) in [4.78, 5) is 33.8. The van der Waals surface area contributed by atoms with Gasteiger partial charge in [0.1, 0.15) is 0 Å². The maximum Gasteiger partial charge on any atom is 0.231 e. The molecule has 4 bridgehead atoms. The first-order chi connectivity index (χ1) is 9.21. The third-order valence-electron chi connectivity index (χ3n) is 5.23. The fraction of sp³-hybridized carbons (Fsp3) is 0.917. The maximum absolute atomic E-state index is 11.5. The number of hydrogen-bond donors (Lipinski definition) is 1. The number of carbonyl (C=O) groups is 1. The molecule has 8 nitrogen and oxygen atoms in total. The summed E-state index contributed by atoms with van der Waals surface area (Å²) in [5.74, 6) is -0.321. The normalized spacial score (nSPS) is 45.1. The largest absolute Gasteiger partial charge is 0.350 e. The fourth-order valence-corrected chi connectivity index (χ4v) is 5.26. The maximum atomic E-state index is 11.5. The second-order valence-corrected chi connectivity index (χ2v) is 6.93. The van der Waals surface area contributed by atoms with E-state index < -0.39 is 16.6 Å². The van der Waals surface area contributed by atoms with E-state index in [0.29, 0.717) is 19.3 Å². The molecule has 2 atom stereocenters. The van der Waals surface area contributed by atoms with Gasteiger partial charge in [-0.15, -0.1) is 0 Å². The Morgan fingerprint density at radius 2 is 1.55 bits per heavy atom. The average Bonchev–Trinajstić information content (AvgIpc) is 2.24. The lowest BCUT2D eigenvalue weighted by molar-refractivity contribution is -0.645. The van der Waals surface area contributed by atoms with Gasteiger partial charge in [0.05, 0.1) is 12.0 Å². The van der Waals surface area contributed by atoms with Crippen LogP contribution < -0.4 is 5.32 Å². The van der Waals surface area contributed by atoms with Gasteiger partial charge in [-0.25, -0.2) is 0 Å². The zero-order chi connectivity index (χ0) is 14.8. The van der Waals surface area contributed by atoms with Crippen molar-refractivity contribution in [1.82, 2.24) is 5.32 Å². The molecule has 8 heteroatoms. The SMILES string of the molecule is CC(=O)NC12CC3CC([N+](=O)[O-])(C1)CC([N+](=O)[O-])(C3)C2. The van der Waals surface area contributed by atoms with Gasteiger partial charge in [0.15, 0.2) is 0 Å². The van der Waals surface area contributed by atoms with E-state index in [-0.39, 0.29) is 40.9 Å². The van der Waals surface area contributed by atoms with Crippen LogP contribution in [0.25, 0.3) is 0 Å². The number of nitrogens with one attached hydrogen (secondary N) is 1. The van der Waals surface area contributed by atoms with E-state index in [2.05, 4.69) is 5.32 Å². The molecule has 4 aliphatic carbocycles. The number of rotatable bonds is 3. The Hall–Kier alpha value is -1.73. The molecule has 4 rings (SSSR count). The number of carbonyl (C=O) groups excluding carboxylic acids is 1. The van der Waals surface area contributed by atoms with E-state index in [1.807, 2.05) is 0 Å². The Bertz CT molecular complexity index is 489. The minimum absolute atomic E-state index is 0.00215. The van der Waals surface area contributed by atoms with Crippen LogP contribution in [0.15, 0.2) is 0 Å². The minimum atomic E-state index is -1.24. The van der Waals surface area contributed by atoms with E-state index in [9.17, 15) is 25.0 Å². The molecular weight excluding hydrogens is 266 g/mol. The first-order valence-corrected chi connectivity index (χ1v) is 6.79. The van der Waals surface area contributed by atoms with Crippen molar-refractivity contribution in [1.29, 1.82) is 0 Å². The van der Waals surface area contributed by atoms with Crippen molar-refractivity contribution in [3.05, 3.63) is 20.2 Å². The lowest BCUT2D eigenvalue weighted by Crippen LogP contribution is -2.74. The summed E-state index contributed by atoms with van der Waals surface area (Å²) >= 11 is 0. The smallest absolute Gasteiger partial charge is 0.231 e. The Morgan fingerprint density at radius 1 is 1.05 bits per heavy atom. The van der Waals surface area contributed by atoms with Crippen molar-refractivity contribution in [2.75, 3.05) is 0 Å². The van der Waals surface area contributed by atoms with Crippen LogP contribution in [0.3, 0.4) is 0 Å². The highest BCUT2D eigenvalue weighted by Gasteiger charge is 2.74. The lowest BCUT2D eigenvalue weighted by Gasteiger charge is -2.58. The summed E-state index contributed by atoms with van der Waals surface area (Å²) in [6, 6.07) is 0. The number of amides is 1. The summed E-state index contributed by atoms with van der Waals surface area (Å²) in [5, 5.41) is 25.8. The van der Waals surface area contributed by atoms with Crippen LogP contribution in [-0.2, 0) is 4.79 Å². The summed E-state index contributed by atoms with van der Waals surface area (Å²) in [5.41, 5.74) is -3.25. The molecule has 0 saturated heterocycles. The monoisotopic (exact) mass is 283 g/mol. The van der Waals surface area contributed by atoms with Gasteiger partial charge in [0.25, 0.3) is 0 Å². The van der Waals surface area contributed by atoms with Gasteiger partial charge in [0, 0.05) is 42.5 Å². The Balaban J connectivity index is 2.06. The molecule has 0 heterocycles. The first kappa shape index (κ1) is 13.3. The van der Waals surface area contributed by atoms with Crippen molar-refractivity contribution < 1.29 is 14.6 Å². The molecule has 4 aliphatic rings. The van der Waals surface area contributed by atoms with Gasteiger partial charge >= 0.3 is 0 Å². The van der Waals surface area contributed by atoms with E-state index in [1.54, 1.807) is 0 Å². The predicted octanol–water partition coefficient (Wildman–Crippen LogP) is 0.890. The van der Waals surface area contributed by atoms with E-state index in [4.69, 9.17) is 0 Å². The Kier molecular flexibility index (Phi) is 2.44. The van der Waals surface area contributed by atoms with E-state index in [0.717, 1.165) is 0 Å². The van der Waals surface area contributed by atoms with Gasteiger partial charge in [0.2, 0.25) is 17.0 Å². The average molecular weight is 283 g/mol. The van der Waals surface area contributed by atoms with E-state index >= 15 is 0 Å². The molecule has 2 unspecified atom stereocenters. The van der Waals surface area contributed by atoms with Gasteiger partial charge in [-0.05, 0) is 12.3 Å². The molecule has 4 fully saturated rings. The molecule has 0 aliphatic heterocycles.